The Morgan fingerprint density at radius 3 is 3.16 bits per heavy atom. The molecule has 2 unspecified atom stereocenters. The summed E-state index contributed by atoms with van der Waals surface area (Å²) in [5, 5.41) is 12.3. The highest BCUT2D eigenvalue weighted by Gasteiger charge is 2.28. The van der Waals surface area contributed by atoms with E-state index < -0.39 is 0 Å². The lowest BCUT2D eigenvalue weighted by molar-refractivity contribution is 0.0916. The van der Waals surface area contributed by atoms with Crippen LogP contribution >= 0.6 is 0 Å². The molecule has 19 heavy (non-hydrogen) atoms. The van der Waals surface area contributed by atoms with Gasteiger partial charge in [-0.1, -0.05) is 6.42 Å². The Balaban J connectivity index is 1.70. The van der Waals surface area contributed by atoms with E-state index >= 15 is 0 Å². The van der Waals surface area contributed by atoms with Gasteiger partial charge in [0.15, 0.2) is 0 Å². The first-order valence-corrected chi connectivity index (χ1v) is 6.95. The van der Waals surface area contributed by atoms with Crippen LogP contribution in [0.5, 0.6) is 5.75 Å². The highest BCUT2D eigenvalue weighted by molar-refractivity contribution is 5.94. The summed E-state index contributed by atoms with van der Waals surface area (Å²) in [7, 11) is 0. The van der Waals surface area contributed by atoms with Crippen molar-refractivity contribution in [3.05, 3.63) is 29.3 Å². The zero-order valence-electron chi connectivity index (χ0n) is 10.9. The smallest absolute Gasteiger partial charge is 0.251 e. The zero-order chi connectivity index (χ0) is 13.2. The summed E-state index contributed by atoms with van der Waals surface area (Å²) in [5.74, 6) is 1.06. The number of nitrogens with one attached hydrogen (secondary N) is 1. The van der Waals surface area contributed by atoms with E-state index in [1.165, 1.54) is 0 Å². The molecule has 2 atom stereocenters. The molecule has 1 aliphatic heterocycles. The Bertz CT molecular complexity index is 486. The Morgan fingerprint density at radius 2 is 2.32 bits per heavy atom. The predicted molar refractivity (Wildman–Crippen MR) is 71.3 cm³/mol. The fourth-order valence-corrected chi connectivity index (χ4v) is 3.02. The molecule has 3 rings (SSSR count). The number of benzene rings is 1. The molecule has 0 saturated heterocycles. The number of aliphatic hydroxyl groups is 1. The minimum absolute atomic E-state index is 0.0416. The Hall–Kier alpha value is -1.55. The number of rotatable bonds is 3. The molecule has 1 aliphatic carbocycles. The van der Waals surface area contributed by atoms with Crippen LogP contribution in [0.25, 0.3) is 0 Å². The highest BCUT2D eigenvalue weighted by Crippen LogP contribution is 2.27. The van der Waals surface area contributed by atoms with Crippen molar-refractivity contribution in [2.45, 2.75) is 31.7 Å². The van der Waals surface area contributed by atoms with E-state index in [-0.39, 0.29) is 24.5 Å². The van der Waals surface area contributed by atoms with Crippen LogP contribution in [0.15, 0.2) is 18.2 Å². The fourth-order valence-electron chi connectivity index (χ4n) is 3.02. The molecule has 1 amide bonds. The molecular weight excluding hydrogens is 242 g/mol. The maximum Gasteiger partial charge on any atom is 0.251 e. The maximum atomic E-state index is 12.2. The topological polar surface area (TPSA) is 58.6 Å². The lowest BCUT2D eigenvalue weighted by Gasteiger charge is -2.19. The molecule has 1 fully saturated rings. The van der Waals surface area contributed by atoms with Crippen LogP contribution in [0, 0.1) is 5.92 Å². The maximum absolute atomic E-state index is 12.2. The van der Waals surface area contributed by atoms with E-state index in [0.717, 1.165) is 37.0 Å². The molecule has 2 aliphatic rings. The average molecular weight is 261 g/mol. The second kappa shape index (κ2) is 5.21. The molecule has 1 heterocycles. The normalized spacial score (nSPS) is 24.9. The second-order valence-corrected chi connectivity index (χ2v) is 5.37. The van der Waals surface area contributed by atoms with Gasteiger partial charge in [0.05, 0.1) is 6.61 Å². The van der Waals surface area contributed by atoms with Crippen molar-refractivity contribution in [2.24, 2.45) is 5.92 Å². The third-order valence-electron chi connectivity index (χ3n) is 4.16. The van der Waals surface area contributed by atoms with Gasteiger partial charge in [0, 0.05) is 30.6 Å². The first-order valence-electron chi connectivity index (χ1n) is 6.95. The Kier molecular flexibility index (Phi) is 3.42. The average Bonchev–Trinajstić information content (AvgIpc) is 3.05. The van der Waals surface area contributed by atoms with E-state index in [2.05, 4.69) is 5.32 Å². The molecule has 0 aromatic heterocycles. The third-order valence-corrected chi connectivity index (χ3v) is 4.16. The van der Waals surface area contributed by atoms with Gasteiger partial charge in [0.2, 0.25) is 0 Å². The quantitative estimate of drug-likeness (QED) is 0.867. The SMILES string of the molecule is O=C(NC1CCCC1CO)c1ccc2c(c1)CCO2. The lowest BCUT2D eigenvalue weighted by atomic mass is 10.0. The van der Waals surface area contributed by atoms with E-state index in [1.807, 2.05) is 18.2 Å². The van der Waals surface area contributed by atoms with Crippen molar-refractivity contribution >= 4 is 5.91 Å². The lowest BCUT2D eigenvalue weighted by Crippen LogP contribution is -2.38. The van der Waals surface area contributed by atoms with E-state index in [4.69, 9.17) is 4.74 Å². The number of ether oxygens (including phenoxy) is 1. The van der Waals surface area contributed by atoms with Crippen LogP contribution in [0.1, 0.15) is 35.2 Å². The van der Waals surface area contributed by atoms with Crippen LogP contribution in [0.2, 0.25) is 0 Å². The number of carbonyl (C=O) groups is 1. The molecule has 0 spiro atoms. The summed E-state index contributed by atoms with van der Waals surface area (Å²) < 4.78 is 5.44. The number of hydrogen-bond acceptors (Lipinski definition) is 3. The van der Waals surface area contributed by atoms with Gasteiger partial charge < -0.3 is 15.2 Å². The summed E-state index contributed by atoms with van der Waals surface area (Å²) >= 11 is 0. The number of amides is 1. The fraction of sp³-hybridized carbons (Fsp3) is 0.533. The highest BCUT2D eigenvalue weighted by atomic mass is 16.5. The van der Waals surface area contributed by atoms with Gasteiger partial charge >= 0.3 is 0 Å². The van der Waals surface area contributed by atoms with E-state index in [1.54, 1.807) is 0 Å². The number of carbonyl (C=O) groups excluding carboxylic acids is 1. The number of hydrogen-bond donors (Lipinski definition) is 2. The second-order valence-electron chi connectivity index (χ2n) is 5.37. The summed E-state index contributed by atoms with van der Waals surface area (Å²) in [6, 6.07) is 5.71. The molecule has 1 saturated carbocycles. The Labute approximate surface area is 112 Å². The monoisotopic (exact) mass is 261 g/mol. The zero-order valence-corrected chi connectivity index (χ0v) is 10.9. The van der Waals surface area contributed by atoms with Crippen LogP contribution in [-0.2, 0) is 6.42 Å². The Morgan fingerprint density at radius 1 is 1.42 bits per heavy atom. The first-order chi connectivity index (χ1) is 9.28. The van der Waals surface area contributed by atoms with E-state index in [0.29, 0.717) is 12.2 Å². The van der Waals surface area contributed by atoms with Crippen LogP contribution in [0.3, 0.4) is 0 Å². The van der Waals surface area contributed by atoms with Crippen molar-refractivity contribution in [1.29, 1.82) is 0 Å². The van der Waals surface area contributed by atoms with Crippen LogP contribution in [0.4, 0.5) is 0 Å². The third kappa shape index (κ3) is 2.45. The van der Waals surface area contributed by atoms with Crippen molar-refractivity contribution in [3.63, 3.8) is 0 Å². The van der Waals surface area contributed by atoms with Gasteiger partial charge in [-0.25, -0.2) is 0 Å². The van der Waals surface area contributed by atoms with Gasteiger partial charge in [0.25, 0.3) is 5.91 Å². The molecule has 102 valence electrons. The van der Waals surface area contributed by atoms with E-state index in [9.17, 15) is 9.90 Å². The van der Waals surface area contributed by atoms with Gasteiger partial charge in [-0.05, 0) is 36.6 Å². The molecular formula is C15H19NO3. The standard InChI is InChI=1S/C15H19NO3/c17-9-12-2-1-3-13(12)16-15(18)11-4-5-14-10(8-11)6-7-19-14/h4-5,8,12-13,17H,1-3,6-7,9H2,(H,16,18). The van der Waals surface area contributed by atoms with Crippen molar-refractivity contribution in [3.8, 4) is 5.75 Å². The summed E-state index contributed by atoms with van der Waals surface area (Å²) in [6.07, 6.45) is 3.91. The first kappa shape index (κ1) is 12.5. The molecule has 4 nitrogen and oxygen atoms in total. The number of fused-ring (bicyclic) bond motifs is 1. The molecule has 0 radical (unpaired) electrons. The van der Waals surface area contributed by atoms with Crippen molar-refractivity contribution in [1.82, 2.24) is 5.32 Å². The van der Waals surface area contributed by atoms with Crippen LogP contribution < -0.4 is 10.1 Å². The largest absolute Gasteiger partial charge is 0.493 e. The summed E-state index contributed by atoms with van der Waals surface area (Å²) in [4.78, 5) is 12.2. The van der Waals surface area contributed by atoms with Crippen molar-refractivity contribution < 1.29 is 14.6 Å². The van der Waals surface area contributed by atoms with Gasteiger partial charge in [-0.2, -0.15) is 0 Å². The molecule has 1 aromatic carbocycles. The van der Waals surface area contributed by atoms with Gasteiger partial charge in [-0.3, -0.25) is 4.79 Å². The van der Waals surface area contributed by atoms with Gasteiger partial charge in [0.1, 0.15) is 5.75 Å². The minimum Gasteiger partial charge on any atom is -0.493 e. The molecule has 2 N–H and O–H groups in total. The number of aliphatic hydroxyl groups excluding tert-OH is 1. The molecule has 4 heteroatoms. The summed E-state index contributed by atoms with van der Waals surface area (Å²) in [6.45, 7) is 0.860. The van der Waals surface area contributed by atoms with Crippen molar-refractivity contribution in [2.75, 3.05) is 13.2 Å². The minimum atomic E-state index is -0.0416. The molecule has 1 aromatic rings. The van der Waals surface area contributed by atoms with Gasteiger partial charge in [-0.15, -0.1) is 0 Å². The van der Waals surface area contributed by atoms with Crippen LogP contribution in [-0.4, -0.2) is 30.3 Å². The molecule has 0 bridgehead atoms. The predicted octanol–water partition coefficient (Wildman–Crippen LogP) is 1.51. The summed E-state index contributed by atoms with van der Waals surface area (Å²) in [5.41, 5.74) is 1.80.